The fourth-order valence-electron chi connectivity index (χ4n) is 1.43. The molecule has 0 aliphatic rings. The summed E-state index contributed by atoms with van der Waals surface area (Å²) >= 11 is 1.23. The van der Waals surface area contributed by atoms with Crippen molar-refractivity contribution in [2.45, 2.75) is 12.3 Å². The summed E-state index contributed by atoms with van der Waals surface area (Å²) in [6.45, 7) is 0.188. The van der Waals surface area contributed by atoms with Crippen LogP contribution in [0.3, 0.4) is 0 Å². The van der Waals surface area contributed by atoms with Crippen molar-refractivity contribution in [2.75, 3.05) is 13.7 Å². The number of carboxylic acids is 1. The van der Waals surface area contributed by atoms with E-state index in [1.165, 1.54) is 18.4 Å². The minimum atomic E-state index is -0.933. The van der Waals surface area contributed by atoms with E-state index < -0.39 is 11.9 Å². The van der Waals surface area contributed by atoms with Gasteiger partial charge >= 0.3 is 11.9 Å². The Morgan fingerprint density at radius 1 is 1.62 bits per heavy atom. The molecule has 1 aromatic rings. The van der Waals surface area contributed by atoms with Crippen LogP contribution in [0.1, 0.15) is 27.6 Å². The Hall–Kier alpha value is -1.40. The second-order valence-electron chi connectivity index (χ2n) is 3.23. The van der Waals surface area contributed by atoms with Gasteiger partial charge < -0.3 is 15.6 Å². The molecule has 0 radical (unpaired) electrons. The molecule has 1 aromatic heterocycles. The van der Waals surface area contributed by atoms with Crippen LogP contribution in [-0.4, -0.2) is 30.7 Å². The fourth-order valence-corrected chi connectivity index (χ4v) is 2.33. The van der Waals surface area contributed by atoms with Crippen LogP contribution < -0.4 is 5.73 Å². The van der Waals surface area contributed by atoms with Gasteiger partial charge in [-0.3, -0.25) is 4.79 Å². The lowest BCUT2D eigenvalue weighted by Crippen LogP contribution is -2.18. The minimum Gasteiger partial charge on any atom is -0.481 e. The van der Waals surface area contributed by atoms with Gasteiger partial charge in [-0.1, -0.05) is 0 Å². The molecule has 1 rings (SSSR count). The lowest BCUT2D eigenvalue weighted by Gasteiger charge is -2.12. The van der Waals surface area contributed by atoms with Crippen molar-refractivity contribution < 1.29 is 19.4 Å². The number of esters is 1. The highest BCUT2D eigenvalue weighted by molar-refractivity contribution is 7.12. The number of carbonyl (C=O) groups excluding carboxylic acids is 1. The van der Waals surface area contributed by atoms with E-state index in [-0.39, 0.29) is 18.9 Å². The average Bonchev–Trinajstić information content (AvgIpc) is 2.73. The molecule has 0 aliphatic carbocycles. The third-order valence-corrected chi connectivity index (χ3v) is 3.12. The second-order valence-corrected chi connectivity index (χ2v) is 4.14. The van der Waals surface area contributed by atoms with Gasteiger partial charge in [-0.05, 0) is 23.6 Å². The van der Waals surface area contributed by atoms with Crippen LogP contribution in [0.5, 0.6) is 0 Å². The predicted octanol–water partition coefficient (Wildman–Crippen LogP) is 1.05. The van der Waals surface area contributed by atoms with Gasteiger partial charge in [0.1, 0.15) is 4.88 Å². The smallest absolute Gasteiger partial charge is 0.348 e. The molecule has 0 amide bonds. The molecule has 0 spiro atoms. The lowest BCUT2D eigenvalue weighted by molar-refractivity contribution is -0.137. The summed E-state index contributed by atoms with van der Waals surface area (Å²) in [7, 11) is 1.29. The quantitative estimate of drug-likeness (QED) is 0.754. The van der Waals surface area contributed by atoms with Gasteiger partial charge in [-0.2, -0.15) is 0 Å². The molecule has 1 unspecified atom stereocenters. The molecule has 6 heteroatoms. The number of carboxylic acid groups (broad SMARTS) is 1. The number of hydrogen-bond acceptors (Lipinski definition) is 5. The van der Waals surface area contributed by atoms with Crippen LogP contribution in [0.2, 0.25) is 0 Å². The fraction of sp³-hybridized carbons (Fsp3) is 0.400. The molecule has 3 N–H and O–H groups in total. The maximum atomic E-state index is 11.4. The van der Waals surface area contributed by atoms with Gasteiger partial charge in [0, 0.05) is 5.92 Å². The number of carbonyl (C=O) groups is 2. The van der Waals surface area contributed by atoms with E-state index in [9.17, 15) is 9.59 Å². The number of thiophene rings is 1. The van der Waals surface area contributed by atoms with Crippen LogP contribution in [0.25, 0.3) is 0 Å². The maximum absolute atomic E-state index is 11.4. The SMILES string of the molecule is COC(=O)c1sccc1C(CN)CC(=O)O. The Labute approximate surface area is 96.8 Å². The van der Waals surface area contributed by atoms with E-state index in [1.807, 2.05) is 0 Å². The van der Waals surface area contributed by atoms with Gasteiger partial charge in [0.15, 0.2) is 0 Å². The summed E-state index contributed by atoms with van der Waals surface area (Å²) in [5, 5.41) is 10.5. The first-order valence-electron chi connectivity index (χ1n) is 4.67. The Morgan fingerprint density at radius 3 is 2.81 bits per heavy atom. The summed E-state index contributed by atoms with van der Waals surface area (Å²) in [5.74, 6) is -1.73. The zero-order chi connectivity index (χ0) is 12.1. The number of aliphatic carboxylic acids is 1. The van der Waals surface area contributed by atoms with Crippen molar-refractivity contribution in [1.82, 2.24) is 0 Å². The van der Waals surface area contributed by atoms with Gasteiger partial charge in [0.25, 0.3) is 0 Å². The lowest BCUT2D eigenvalue weighted by atomic mass is 9.96. The summed E-state index contributed by atoms with van der Waals surface area (Å²) in [4.78, 5) is 22.5. The first-order chi connectivity index (χ1) is 7.60. The van der Waals surface area contributed by atoms with Crippen molar-refractivity contribution in [3.8, 4) is 0 Å². The highest BCUT2D eigenvalue weighted by atomic mass is 32.1. The Morgan fingerprint density at radius 2 is 2.31 bits per heavy atom. The Kier molecular flexibility index (Phi) is 4.45. The second kappa shape index (κ2) is 5.62. The highest BCUT2D eigenvalue weighted by Gasteiger charge is 2.22. The number of rotatable bonds is 5. The molecule has 0 aliphatic heterocycles. The van der Waals surface area contributed by atoms with E-state index >= 15 is 0 Å². The molecule has 0 saturated carbocycles. The van der Waals surface area contributed by atoms with Gasteiger partial charge in [-0.15, -0.1) is 11.3 Å². The van der Waals surface area contributed by atoms with E-state index in [1.54, 1.807) is 11.4 Å². The number of hydrogen-bond donors (Lipinski definition) is 2. The standard InChI is InChI=1S/C10H13NO4S/c1-15-10(14)9-7(2-3-16-9)6(5-11)4-8(12)13/h2-3,6H,4-5,11H2,1H3,(H,12,13). The molecule has 1 atom stereocenters. The maximum Gasteiger partial charge on any atom is 0.348 e. The molecule has 0 saturated heterocycles. The minimum absolute atomic E-state index is 0.0861. The van der Waals surface area contributed by atoms with Crippen molar-refractivity contribution in [2.24, 2.45) is 5.73 Å². The van der Waals surface area contributed by atoms with Gasteiger partial charge in [0.2, 0.25) is 0 Å². The van der Waals surface area contributed by atoms with Gasteiger partial charge in [-0.25, -0.2) is 4.79 Å². The first kappa shape index (κ1) is 12.7. The van der Waals surface area contributed by atoms with Crippen molar-refractivity contribution in [3.05, 3.63) is 21.9 Å². The van der Waals surface area contributed by atoms with Crippen LogP contribution in [0, 0.1) is 0 Å². The first-order valence-corrected chi connectivity index (χ1v) is 5.55. The molecule has 0 bridgehead atoms. The molecule has 88 valence electrons. The Balaban J connectivity index is 2.96. The number of methoxy groups -OCH3 is 1. The van der Waals surface area contributed by atoms with Crippen LogP contribution >= 0.6 is 11.3 Å². The topological polar surface area (TPSA) is 89.6 Å². The molecular weight excluding hydrogens is 230 g/mol. The summed E-state index contributed by atoms with van der Waals surface area (Å²) in [5.41, 5.74) is 6.17. The highest BCUT2D eigenvalue weighted by Crippen LogP contribution is 2.27. The summed E-state index contributed by atoms with van der Waals surface area (Å²) in [6, 6.07) is 1.72. The summed E-state index contributed by atoms with van der Waals surface area (Å²) < 4.78 is 4.62. The third kappa shape index (κ3) is 2.80. The number of nitrogens with two attached hydrogens (primary N) is 1. The van der Waals surface area contributed by atoms with E-state index in [4.69, 9.17) is 10.8 Å². The van der Waals surface area contributed by atoms with E-state index in [0.29, 0.717) is 10.4 Å². The molecule has 0 aromatic carbocycles. The third-order valence-electron chi connectivity index (χ3n) is 2.21. The molecule has 1 heterocycles. The van der Waals surface area contributed by atoms with Crippen molar-refractivity contribution >= 4 is 23.3 Å². The van der Waals surface area contributed by atoms with Crippen LogP contribution in [0.15, 0.2) is 11.4 Å². The summed E-state index contributed by atoms with van der Waals surface area (Å²) in [6.07, 6.45) is -0.0861. The van der Waals surface area contributed by atoms with Crippen LogP contribution in [-0.2, 0) is 9.53 Å². The van der Waals surface area contributed by atoms with Crippen LogP contribution in [0.4, 0.5) is 0 Å². The largest absolute Gasteiger partial charge is 0.481 e. The van der Waals surface area contributed by atoms with Crippen molar-refractivity contribution in [1.29, 1.82) is 0 Å². The van der Waals surface area contributed by atoms with Crippen molar-refractivity contribution in [3.63, 3.8) is 0 Å². The Bertz CT molecular complexity index is 388. The van der Waals surface area contributed by atoms with E-state index in [0.717, 1.165) is 0 Å². The monoisotopic (exact) mass is 243 g/mol. The number of ether oxygens (including phenoxy) is 1. The molecular formula is C10H13NO4S. The van der Waals surface area contributed by atoms with E-state index in [2.05, 4.69) is 4.74 Å². The average molecular weight is 243 g/mol. The molecule has 0 fully saturated rings. The molecule has 5 nitrogen and oxygen atoms in total. The normalized spacial score (nSPS) is 12.1. The zero-order valence-corrected chi connectivity index (χ0v) is 9.62. The molecule has 16 heavy (non-hydrogen) atoms. The predicted molar refractivity (Wildman–Crippen MR) is 59.7 cm³/mol. The van der Waals surface area contributed by atoms with Gasteiger partial charge in [0.05, 0.1) is 13.5 Å². The zero-order valence-electron chi connectivity index (χ0n) is 8.80.